The van der Waals surface area contributed by atoms with Gasteiger partial charge >= 0.3 is 5.97 Å². The van der Waals surface area contributed by atoms with Crippen molar-refractivity contribution in [1.82, 2.24) is 4.90 Å². The van der Waals surface area contributed by atoms with Crippen LogP contribution in [0.25, 0.3) is 0 Å². The number of hydrogen-bond acceptors (Lipinski definition) is 2. The molecule has 1 fully saturated rings. The first-order valence-electron chi connectivity index (χ1n) is 8.01. The van der Waals surface area contributed by atoms with Gasteiger partial charge in [-0.1, -0.05) is 43.7 Å². The van der Waals surface area contributed by atoms with Crippen LogP contribution in [-0.2, 0) is 9.59 Å². The monoisotopic (exact) mass is 303 g/mol. The molecule has 1 N–H and O–H groups in total. The molecule has 120 valence electrons. The quantitative estimate of drug-likeness (QED) is 0.909. The van der Waals surface area contributed by atoms with E-state index >= 15 is 0 Å². The van der Waals surface area contributed by atoms with Crippen LogP contribution in [-0.4, -0.2) is 35.5 Å². The number of carboxylic acids is 1. The summed E-state index contributed by atoms with van der Waals surface area (Å²) in [6, 6.07) is 10.1. The Morgan fingerprint density at radius 1 is 1.23 bits per heavy atom. The highest BCUT2D eigenvalue weighted by atomic mass is 16.4. The van der Waals surface area contributed by atoms with Gasteiger partial charge in [0.25, 0.3) is 0 Å². The Kier molecular flexibility index (Phi) is 5.58. The van der Waals surface area contributed by atoms with Gasteiger partial charge in [0.05, 0.1) is 5.92 Å². The summed E-state index contributed by atoms with van der Waals surface area (Å²) in [7, 11) is 1.83. The number of rotatable bonds is 5. The third-order valence-electron chi connectivity index (χ3n) is 4.67. The van der Waals surface area contributed by atoms with Gasteiger partial charge in [0.2, 0.25) is 5.91 Å². The van der Waals surface area contributed by atoms with Crippen LogP contribution in [0.4, 0.5) is 0 Å². The van der Waals surface area contributed by atoms with E-state index in [9.17, 15) is 9.59 Å². The highest BCUT2D eigenvalue weighted by Crippen LogP contribution is 2.30. The maximum atomic E-state index is 12.6. The predicted octanol–water partition coefficient (Wildman–Crippen LogP) is 3.14. The lowest BCUT2D eigenvalue weighted by Gasteiger charge is -2.30. The number of carbonyl (C=O) groups excluding carboxylic acids is 1. The largest absolute Gasteiger partial charge is 0.481 e. The lowest BCUT2D eigenvalue weighted by Crippen LogP contribution is -2.38. The highest BCUT2D eigenvalue weighted by molar-refractivity contribution is 5.80. The van der Waals surface area contributed by atoms with Crippen LogP contribution in [0.1, 0.15) is 44.1 Å². The second-order valence-electron chi connectivity index (χ2n) is 6.43. The highest BCUT2D eigenvalue weighted by Gasteiger charge is 2.32. The van der Waals surface area contributed by atoms with Crippen LogP contribution in [0.5, 0.6) is 0 Å². The van der Waals surface area contributed by atoms with Gasteiger partial charge in [-0.05, 0) is 30.7 Å². The molecule has 1 aliphatic carbocycles. The van der Waals surface area contributed by atoms with Crippen molar-refractivity contribution in [3.8, 4) is 0 Å². The van der Waals surface area contributed by atoms with Crippen LogP contribution < -0.4 is 0 Å². The third kappa shape index (κ3) is 4.09. The van der Waals surface area contributed by atoms with Gasteiger partial charge in [0, 0.05) is 19.5 Å². The first-order chi connectivity index (χ1) is 10.5. The lowest BCUT2D eigenvalue weighted by molar-refractivity contribution is -0.145. The zero-order valence-corrected chi connectivity index (χ0v) is 13.4. The first-order valence-corrected chi connectivity index (χ1v) is 8.01. The Bertz CT molecular complexity index is 514. The zero-order chi connectivity index (χ0) is 16.1. The number of benzene rings is 1. The van der Waals surface area contributed by atoms with Gasteiger partial charge in [0.15, 0.2) is 0 Å². The molecule has 1 aromatic carbocycles. The van der Waals surface area contributed by atoms with Crippen LogP contribution >= 0.6 is 0 Å². The maximum Gasteiger partial charge on any atom is 0.306 e. The molecule has 0 heterocycles. The Morgan fingerprint density at radius 3 is 2.50 bits per heavy atom. The average Bonchev–Trinajstić information content (AvgIpc) is 2.54. The van der Waals surface area contributed by atoms with Crippen molar-refractivity contribution >= 4 is 11.9 Å². The number of carbonyl (C=O) groups is 2. The Morgan fingerprint density at radius 2 is 1.86 bits per heavy atom. The summed E-state index contributed by atoms with van der Waals surface area (Å²) in [5.41, 5.74) is 1.22. The number of likely N-dealkylation sites (N-methyl/N-ethyl adjacent to an activating group) is 1. The molecule has 1 aromatic rings. The van der Waals surface area contributed by atoms with Gasteiger partial charge in [0.1, 0.15) is 0 Å². The van der Waals surface area contributed by atoms with E-state index in [1.807, 2.05) is 25.2 Å². The van der Waals surface area contributed by atoms with E-state index in [1.54, 1.807) is 4.90 Å². The molecule has 3 atom stereocenters. The molecule has 4 heteroatoms. The molecule has 0 spiro atoms. The average molecular weight is 303 g/mol. The summed E-state index contributed by atoms with van der Waals surface area (Å²) in [4.78, 5) is 25.5. The maximum absolute atomic E-state index is 12.6. The predicted molar refractivity (Wildman–Crippen MR) is 85.6 cm³/mol. The Balaban J connectivity index is 1.93. The molecule has 1 amide bonds. The summed E-state index contributed by atoms with van der Waals surface area (Å²) in [5.74, 6) is -0.897. The fourth-order valence-electron chi connectivity index (χ4n) is 3.34. The first kappa shape index (κ1) is 16.5. The van der Waals surface area contributed by atoms with Crippen molar-refractivity contribution < 1.29 is 14.7 Å². The molecule has 3 unspecified atom stereocenters. The fourth-order valence-corrected chi connectivity index (χ4v) is 3.34. The van der Waals surface area contributed by atoms with Crippen LogP contribution in [0.2, 0.25) is 0 Å². The summed E-state index contributed by atoms with van der Waals surface area (Å²) in [5, 5.41) is 9.15. The third-order valence-corrected chi connectivity index (χ3v) is 4.67. The van der Waals surface area contributed by atoms with Crippen LogP contribution in [0, 0.1) is 11.8 Å². The molecule has 0 aliphatic heterocycles. The number of amides is 1. The molecule has 1 aliphatic rings. The van der Waals surface area contributed by atoms with Crippen molar-refractivity contribution in [2.24, 2.45) is 11.8 Å². The number of nitrogens with zero attached hydrogens (tertiary/aromatic N) is 1. The van der Waals surface area contributed by atoms with E-state index in [4.69, 9.17) is 5.11 Å². The minimum Gasteiger partial charge on any atom is -0.481 e. The molecule has 0 aromatic heterocycles. The van der Waals surface area contributed by atoms with E-state index in [0.29, 0.717) is 19.4 Å². The lowest BCUT2D eigenvalue weighted by atomic mass is 9.80. The van der Waals surface area contributed by atoms with Crippen molar-refractivity contribution in [2.75, 3.05) is 13.6 Å². The Hall–Kier alpha value is -1.84. The summed E-state index contributed by atoms with van der Waals surface area (Å²) in [6.45, 7) is 2.77. The summed E-state index contributed by atoms with van der Waals surface area (Å²) < 4.78 is 0. The van der Waals surface area contributed by atoms with Crippen molar-refractivity contribution in [3.63, 3.8) is 0 Å². The zero-order valence-electron chi connectivity index (χ0n) is 13.4. The minimum atomic E-state index is -0.766. The van der Waals surface area contributed by atoms with Gasteiger partial charge in [-0.3, -0.25) is 9.59 Å². The van der Waals surface area contributed by atoms with Crippen LogP contribution in [0.15, 0.2) is 30.3 Å². The van der Waals surface area contributed by atoms with E-state index in [2.05, 4.69) is 19.1 Å². The molecule has 0 saturated heterocycles. The normalized spacial score (nSPS) is 22.8. The van der Waals surface area contributed by atoms with Gasteiger partial charge in [-0.25, -0.2) is 0 Å². The van der Waals surface area contributed by atoms with Crippen LogP contribution in [0.3, 0.4) is 0 Å². The van der Waals surface area contributed by atoms with E-state index in [1.165, 1.54) is 5.56 Å². The van der Waals surface area contributed by atoms with Crippen molar-refractivity contribution in [1.29, 1.82) is 0 Å². The molecule has 0 radical (unpaired) electrons. The fraction of sp³-hybridized carbons (Fsp3) is 0.556. The van der Waals surface area contributed by atoms with Gasteiger partial charge < -0.3 is 10.0 Å². The molecule has 2 rings (SSSR count). The standard InChI is InChI=1S/C18H25NO3/c1-13(14-7-4-3-5-8-14)12-19(2)17(20)15-9-6-10-16(11-15)18(21)22/h3-5,7-8,13,15-16H,6,9-12H2,1-2H3,(H,21,22). The Labute approximate surface area is 132 Å². The number of aliphatic carboxylic acids is 1. The smallest absolute Gasteiger partial charge is 0.306 e. The molecule has 4 nitrogen and oxygen atoms in total. The van der Waals surface area contributed by atoms with Gasteiger partial charge in [-0.15, -0.1) is 0 Å². The summed E-state index contributed by atoms with van der Waals surface area (Å²) >= 11 is 0. The molecular formula is C18H25NO3. The van der Waals surface area contributed by atoms with Crippen molar-refractivity contribution in [2.45, 2.75) is 38.5 Å². The minimum absolute atomic E-state index is 0.0914. The van der Waals surface area contributed by atoms with E-state index in [-0.39, 0.29) is 23.7 Å². The molecular weight excluding hydrogens is 278 g/mol. The van der Waals surface area contributed by atoms with Crippen molar-refractivity contribution in [3.05, 3.63) is 35.9 Å². The number of carboxylic acid groups (broad SMARTS) is 1. The molecule has 0 bridgehead atoms. The van der Waals surface area contributed by atoms with E-state index < -0.39 is 5.97 Å². The number of hydrogen-bond donors (Lipinski definition) is 1. The van der Waals surface area contributed by atoms with E-state index in [0.717, 1.165) is 12.8 Å². The molecule has 22 heavy (non-hydrogen) atoms. The topological polar surface area (TPSA) is 57.6 Å². The second kappa shape index (κ2) is 7.43. The summed E-state index contributed by atoms with van der Waals surface area (Å²) in [6.07, 6.45) is 2.82. The SMILES string of the molecule is CC(CN(C)C(=O)C1CCCC(C(=O)O)C1)c1ccccc1. The molecule has 1 saturated carbocycles. The second-order valence-corrected chi connectivity index (χ2v) is 6.43. The van der Waals surface area contributed by atoms with Gasteiger partial charge in [-0.2, -0.15) is 0 Å².